The molecule has 53 heavy (non-hydrogen) atoms. The van der Waals surface area contributed by atoms with Gasteiger partial charge >= 0.3 is 28.4 Å². The number of hydrogen-bond acceptors (Lipinski definition) is 0. The minimum atomic E-state index is 0. The monoisotopic (exact) mass is 820 g/mol. The van der Waals surface area contributed by atoms with Crippen molar-refractivity contribution in [1.29, 1.82) is 0 Å². The minimum Gasteiger partial charge on any atom is -0.179 e. The van der Waals surface area contributed by atoms with Crippen molar-refractivity contribution < 1.29 is 24.2 Å². The van der Waals surface area contributed by atoms with Crippen LogP contribution in [0.2, 0.25) is 0 Å². The van der Waals surface area contributed by atoms with Crippen LogP contribution in [0.4, 0.5) is 0 Å². The van der Waals surface area contributed by atoms with E-state index in [2.05, 4.69) is 150 Å². The van der Waals surface area contributed by atoms with Gasteiger partial charge in [-0.25, -0.2) is 6.08 Å². The fraction of sp³-hybridized carbons (Fsp3) is 0.420. The van der Waals surface area contributed by atoms with E-state index in [0.29, 0.717) is 5.92 Å². The Morgan fingerprint density at radius 2 is 1.11 bits per heavy atom. The van der Waals surface area contributed by atoms with E-state index >= 15 is 0 Å². The third-order valence-electron chi connectivity index (χ3n) is 11.4. The first-order valence-electron chi connectivity index (χ1n) is 19.1. The number of rotatable bonds is 1. The Hall–Kier alpha value is -2.31. The fourth-order valence-electron chi connectivity index (χ4n) is 9.06. The summed E-state index contributed by atoms with van der Waals surface area (Å²) in [4.78, 5) is 0. The van der Waals surface area contributed by atoms with E-state index in [1.165, 1.54) is 83.3 Å². The van der Waals surface area contributed by atoms with Crippen molar-refractivity contribution in [3.8, 4) is 11.1 Å². The average Bonchev–Trinajstić information content (AvgIpc) is 3.73. The third kappa shape index (κ3) is 12.1. The summed E-state index contributed by atoms with van der Waals surface area (Å²) in [5, 5.41) is 0. The zero-order valence-corrected chi connectivity index (χ0v) is 37.1. The van der Waals surface area contributed by atoms with Gasteiger partial charge in [0.1, 0.15) is 0 Å². The maximum atomic E-state index is 3.46. The molecule has 0 amide bonds. The first-order chi connectivity index (χ1) is 24.5. The van der Waals surface area contributed by atoms with Crippen molar-refractivity contribution in [3.63, 3.8) is 0 Å². The van der Waals surface area contributed by atoms with Gasteiger partial charge in [-0.15, -0.1) is 30.4 Å². The second kappa shape index (κ2) is 20.6. The van der Waals surface area contributed by atoms with E-state index in [1.54, 1.807) is 12.0 Å². The van der Waals surface area contributed by atoms with Crippen molar-refractivity contribution in [2.45, 2.75) is 97.8 Å². The van der Waals surface area contributed by atoms with Gasteiger partial charge < -0.3 is 0 Å². The second-order valence-corrected chi connectivity index (χ2v) is 17.2. The average molecular weight is 823 g/mol. The van der Waals surface area contributed by atoms with Crippen LogP contribution in [0, 0.1) is 59.8 Å². The van der Waals surface area contributed by atoms with Crippen molar-refractivity contribution in [2.24, 2.45) is 35.5 Å². The van der Waals surface area contributed by atoms with E-state index in [1.807, 2.05) is 30.3 Å². The summed E-state index contributed by atoms with van der Waals surface area (Å²) in [5.74, 6) is 5.77. The molecule has 10 rings (SSSR count). The number of benzene rings is 4. The first kappa shape index (κ1) is 45.1. The molecule has 0 nitrogen and oxygen atoms in total. The fourth-order valence-corrected chi connectivity index (χ4v) is 9.06. The zero-order chi connectivity index (χ0) is 36.6. The molecule has 0 aliphatic heterocycles. The topological polar surface area (TPSA) is 0 Å². The van der Waals surface area contributed by atoms with Crippen LogP contribution in [-0.4, -0.2) is 4.21 Å². The summed E-state index contributed by atoms with van der Waals surface area (Å²) in [5.41, 5.74) is 10.4. The molecule has 0 aromatic heterocycles. The quantitative estimate of drug-likeness (QED) is 0.148. The largest absolute Gasteiger partial charge is 0.179 e. The van der Waals surface area contributed by atoms with E-state index in [9.17, 15) is 0 Å². The Labute approximate surface area is 350 Å². The summed E-state index contributed by atoms with van der Waals surface area (Å²) in [6, 6.07) is 40.4. The van der Waals surface area contributed by atoms with Gasteiger partial charge in [0.25, 0.3) is 0 Å². The maximum absolute atomic E-state index is 3.46. The Morgan fingerprint density at radius 3 is 1.57 bits per heavy atom. The molecular formula is C50H60Cl2Zr-4. The smallest absolute Gasteiger partial charge is 0.0253 e. The van der Waals surface area contributed by atoms with E-state index in [0.717, 1.165) is 36.0 Å². The number of allylic oxidation sites excluding steroid dienone is 4. The molecule has 6 aliphatic rings. The molecule has 1 atom stereocenters. The molecule has 4 fully saturated rings. The number of halogens is 2. The van der Waals surface area contributed by atoms with Crippen LogP contribution in [0.15, 0.2) is 109 Å². The molecule has 3 heteroatoms. The Morgan fingerprint density at radius 1 is 0.623 bits per heavy atom. The van der Waals surface area contributed by atoms with Gasteiger partial charge in [0.2, 0.25) is 0 Å². The SMILES string of the molecule is CC(C)(C)c1cc[c-]cc1.CC(C)(C)c1cc[c-]cc1.CC1[C-]=CC(C2C3CC4CC(C3)CC2C4)=C1.Cl.Cl.[CH2]=[Zr].[c-]1cccc2c1Cc1ccccc1-2. The number of fused-ring (bicyclic) bond motifs is 3. The van der Waals surface area contributed by atoms with Crippen LogP contribution in [-0.2, 0) is 41.5 Å². The molecule has 4 bridgehead atoms. The van der Waals surface area contributed by atoms with Crippen LogP contribution >= 0.6 is 24.8 Å². The van der Waals surface area contributed by atoms with Crippen molar-refractivity contribution >= 4 is 29.0 Å². The molecule has 1 unspecified atom stereocenters. The van der Waals surface area contributed by atoms with Crippen LogP contribution in [0.3, 0.4) is 0 Å². The first-order valence-corrected chi connectivity index (χ1v) is 20.9. The van der Waals surface area contributed by atoms with Crippen LogP contribution in [0.5, 0.6) is 0 Å². The normalized spacial score (nSPS) is 23.5. The van der Waals surface area contributed by atoms with Crippen LogP contribution in [0.25, 0.3) is 11.1 Å². The van der Waals surface area contributed by atoms with Crippen molar-refractivity contribution in [3.05, 3.63) is 155 Å². The molecule has 0 heterocycles. The summed E-state index contributed by atoms with van der Waals surface area (Å²) in [6.07, 6.45) is 17.0. The predicted molar refractivity (Wildman–Crippen MR) is 229 cm³/mol. The third-order valence-corrected chi connectivity index (χ3v) is 11.4. The molecule has 0 N–H and O–H groups in total. The minimum absolute atomic E-state index is 0. The van der Waals surface area contributed by atoms with Gasteiger partial charge in [-0.3, -0.25) is 6.08 Å². The van der Waals surface area contributed by atoms with Crippen LogP contribution in [0.1, 0.15) is 103 Å². The number of hydrogen-bond donors (Lipinski definition) is 0. The Kier molecular flexibility index (Phi) is 17.5. The second-order valence-electron chi connectivity index (χ2n) is 17.2. The predicted octanol–water partition coefficient (Wildman–Crippen LogP) is 13.4. The molecular weight excluding hydrogens is 763 g/mol. The van der Waals surface area contributed by atoms with E-state index < -0.39 is 0 Å². The molecule has 0 radical (unpaired) electrons. The van der Waals surface area contributed by atoms with Gasteiger partial charge in [0, 0.05) is 0 Å². The molecule has 282 valence electrons. The Bertz CT molecular complexity index is 1620. The summed E-state index contributed by atoms with van der Waals surface area (Å²) >= 11 is 1.30. The zero-order valence-electron chi connectivity index (χ0n) is 33.0. The van der Waals surface area contributed by atoms with E-state index in [-0.39, 0.29) is 35.6 Å². The molecule has 0 spiro atoms. The van der Waals surface area contributed by atoms with E-state index in [4.69, 9.17) is 0 Å². The molecule has 4 aromatic rings. The van der Waals surface area contributed by atoms with Crippen LogP contribution < -0.4 is 0 Å². The van der Waals surface area contributed by atoms with Gasteiger partial charge in [-0.1, -0.05) is 95.7 Å². The standard InChI is InChI=1S/C16H21.C13H9.2C10H13.CH2.2ClH.Zr/c1-10-2-3-13(4-10)16-14-6-11-5-12(8-14)9-15(16)7-11;1-3-7-12-10(5-1)9-11-6-2-4-8-13(11)12;2*1-10(2,3)9-7-5-4-6-8-9;;;;/h3-4,10-12,14-16H,5-9H2,1H3;1-5,7-8H,9H2;2*5-8H,1-3H3;1H2;2*1H;/q4*-1;;;;. The summed E-state index contributed by atoms with van der Waals surface area (Å²) in [6.45, 7) is 15.5. The van der Waals surface area contributed by atoms with Gasteiger partial charge in [-0.05, 0) is 73.0 Å². The maximum Gasteiger partial charge on any atom is -0.0253 e. The Balaban J connectivity index is 0.000000189. The van der Waals surface area contributed by atoms with Gasteiger partial charge in [-0.2, -0.15) is 113 Å². The molecule has 6 aliphatic carbocycles. The van der Waals surface area contributed by atoms with Crippen molar-refractivity contribution in [2.75, 3.05) is 0 Å². The van der Waals surface area contributed by atoms with Gasteiger partial charge in [0.05, 0.1) is 0 Å². The summed E-state index contributed by atoms with van der Waals surface area (Å²) < 4.78 is 3.34. The molecule has 4 saturated carbocycles. The molecule has 0 saturated heterocycles. The molecule has 4 aromatic carbocycles. The van der Waals surface area contributed by atoms with Crippen molar-refractivity contribution in [1.82, 2.24) is 0 Å². The summed E-state index contributed by atoms with van der Waals surface area (Å²) in [7, 11) is 0. The van der Waals surface area contributed by atoms with Gasteiger partial charge in [0.15, 0.2) is 0 Å².